The second kappa shape index (κ2) is 5.53. The number of thiophene rings is 1. The molecule has 0 aliphatic heterocycles. The number of hydrogen-bond acceptors (Lipinski definition) is 1. The topological polar surface area (TPSA) is 0 Å². The molecule has 0 amide bonds. The zero-order valence-corrected chi connectivity index (χ0v) is 14.2. The van der Waals surface area contributed by atoms with Crippen molar-refractivity contribution in [2.45, 2.75) is 5.38 Å². The molecule has 5 heteroatoms. The third-order valence-electron chi connectivity index (χ3n) is 2.10. The lowest BCUT2D eigenvalue weighted by Crippen LogP contribution is -1.91. The molecule has 2 rings (SSSR count). The van der Waals surface area contributed by atoms with Crippen LogP contribution in [0.5, 0.6) is 0 Å². The molecule has 0 spiro atoms. The minimum atomic E-state index is -0.130. The van der Waals surface area contributed by atoms with Gasteiger partial charge in [0.2, 0.25) is 0 Å². The van der Waals surface area contributed by atoms with Crippen LogP contribution in [0.3, 0.4) is 0 Å². The maximum Gasteiger partial charge on any atom is 0.0855 e. The fourth-order valence-corrected chi connectivity index (χ4v) is 5.19. The highest BCUT2D eigenvalue weighted by Crippen LogP contribution is 2.41. The second-order valence-corrected chi connectivity index (χ2v) is 8.30. The first-order valence-corrected chi connectivity index (χ1v) is 8.05. The largest absolute Gasteiger partial charge is 0.121 e. The highest BCUT2D eigenvalue weighted by atomic mass is 79.9. The third kappa shape index (κ3) is 2.91. The zero-order valence-electron chi connectivity index (χ0n) is 7.88. The van der Waals surface area contributed by atoms with E-state index < -0.39 is 0 Å². The van der Waals surface area contributed by atoms with E-state index in [1.54, 1.807) is 11.3 Å². The van der Waals surface area contributed by atoms with Gasteiger partial charge in [-0.2, -0.15) is 0 Å². The molecule has 0 saturated carbocycles. The first-order chi connectivity index (χ1) is 7.58. The molecule has 0 aliphatic rings. The molecule has 84 valence electrons. The molecule has 16 heavy (non-hydrogen) atoms. The Balaban J connectivity index is 2.38. The van der Waals surface area contributed by atoms with Gasteiger partial charge in [0.1, 0.15) is 0 Å². The highest BCUT2D eigenvalue weighted by molar-refractivity contribution is 9.12. The maximum absolute atomic E-state index is 6.46. The van der Waals surface area contributed by atoms with Crippen molar-refractivity contribution in [3.05, 3.63) is 53.5 Å². The summed E-state index contributed by atoms with van der Waals surface area (Å²) in [5.74, 6) is 0. The molecular formula is C11H6Br3ClS. The van der Waals surface area contributed by atoms with Crippen LogP contribution in [-0.4, -0.2) is 0 Å². The number of hydrogen-bond donors (Lipinski definition) is 0. The average molecular weight is 445 g/mol. The lowest BCUT2D eigenvalue weighted by atomic mass is 10.1. The van der Waals surface area contributed by atoms with Crippen LogP contribution in [-0.2, 0) is 0 Å². The fourth-order valence-electron chi connectivity index (χ4n) is 1.37. The van der Waals surface area contributed by atoms with Gasteiger partial charge in [-0.15, -0.1) is 22.9 Å². The van der Waals surface area contributed by atoms with E-state index in [2.05, 4.69) is 47.8 Å². The number of benzene rings is 1. The summed E-state index contributed by atoms with van der Waals surface area (Å²) in [7, 11) is 0. The Morgan fingerprint density at radius 3 is 2.44 bits per heavy atom. The first-order valence-electron chi connectivity index (χ1n) is 4.42. The summed E-state index contributed by atoms with van der Waals surface area (Å²) in [4.78, 5) is 0. The summed E-state index contributed by atoms with van der Waals surface area (Å²) in [6, 6.07) is 10.1. The molecule has 0 bridgehead atoms. The van der Waals surface area contributed by atoms with E-state index in [9.17, 15) is 0 Å². The van der Waals surface area contributed by atoms with Crippen molar-refractivity contribution in [3.63, 3.8) is 0 Å². The van der Waals surface area contributed by atoms with E-state index in [1.165, 1.54) is 0 Å². The summed E-state index contributed by atoms with van der Waals surface area (Å²) in [5.41, 5.74) is 2.18. The van der Waals surface area contributed by atoms with Crippen LogP contribution < -0.4 is 0 Å². The zero-order chi connectivity index (χ0) is 11.7. The molecule has 0 radical (unpaired) electrons. The standard InChI is InChI=1S/C11H6Br3ClS/c12-7-3-1-2-6(4-7)10(15)8-5-9(13)16-11(8)14/h1-5,10H. The van der Waals surface area contributed by atoms with Crippen molar-refractivity contribution in [1.29, 1.82) is 0 Å². The normalized spacial score (nSPS) is 12.8. The van der Waals surface area contributed by atoms with Crippen molar-refractivity contribution >= 4 is 70.7 Å². The summed E-state index contributed by atoms with van der Waals surface area (Å²) in [5, 5.41) is -0.130. The Labute approximate surface area is 128 Å². The van der Waals surface area contributed by atoms with Gasteiger partial charge in [-0.05, 0) is 55.6 Å². The minimum Gasteiger partial charge on any atom is -0.121 e. The molecular weight excluding hydrogens is 439 g/mol. The van der Waals surface area contributed by atoms with Crippen LogP contribution >= 0.6 is 70.7 Å². The van der Waals surface area contributed by atoms with E-state index in [1.807, 2.05) is 30.3 Å². The lowest BCUT2D eigenvalue weighted by Gasteiger charge is -2.09. The number of alkyl halides is 1. The van der Waals surface area contributed by atoms with Gasteiger partial charge in [-0.25, -0.2) is 0 Å². The molecule has 2 aromatic rings. The van der Waals surface area contributed by atoms with Crippen molar-refractivity contribution < 1.29 is 0 Å². The lowest BCUT2D eigenvalue weighted by molar-refractivity contribution is 1.14. The van der Waals surface area contributed by atoms with Gasteiger partial charge < -0.3 is 0 Å². The van der Waals surface area contributed by atoms with Crippen LogP contribution in [0.2, 0.25) is 0 Å². The van der Waals surface area contributed by atoms with Crippen molar-refractivity contribution in [2.75, 3.05) is 0 Å². The quantitative estimate of drug-likeness (QED) is 0.472. The van der Waals surface area contributed by atoms with Gasteiger partial charge in [0.15, 0.2) is 0 Å². The van der Waals surface area contributed by atoms with E-state index in [0.717, 1.165) is 23.2 Å². The second-order valence-electron chi connectivity index (χ2n) is 3.20. The molecule has 0 nitrogen and oxygen atoms in total. The molecule has 0 saturated heterocycles. The summed E-state index contributed by atoms with van der Waals surface area (Å²) < 4.78 is 3.19. The summed E-state index contributed by atoms with van der Waals surface area (Å²) in [6.45, 7) is 0. The van der Waals surface area contributed by atoms with Crippen molar-refractivity contribution in [3.8, 4) is 0 Å². The fraction of sp³-hybridized carbons (Fsp3) is 0.0909. The molecule has 1 atom stereocenters. The van der Waals surface area contributed by atoms with Gasteiger partial charge in [-0.3, -0.25) is 0 Å². The molecule has 1 unspecified atom stereocenters. The van der Waals surface area contributed by atoms with Crippen LogP contribution in [0.1, 0.15) is 16.5 Å². The summed E-state index contributed by atoms with van der Waals surface area (Å²) in [6.07, 6.45) is 0. The van der Waals surface area contributed by atoms with Crippen LogP contribution in [0.25, 0.3) is 0 Å². The van der Waals surface area contributed by atoms with E-state index >= 15 is 0 Å². The van der Waals surface area contributed by atoms with E-state index in [0.29, 0.717) is 0 Å². The molecule has 1 aromatic carbocycles. The molecule has 1 aromatic heterocycles. The molecule has 0 aliphatic carbocycles. The minimum absolute atomic E-state index is 0.130. The SMILES string of the molecule is ClC(c1cccc(Br)c1)c1cc(Br)sc1Br. The Kier molecular flexibility index (Phi) is 4.52. The van der Waals surface area contributed by atoms with Crippen molar-refractivity contribution in [2.24, 2.45) is 0 Å². The van der Waals surface area contributed by atoms with E-state index in [-0.39, 0.29) is 5.38 Å². The Morgan fingerprint density at radius 2 is 1.88 bits per heavy atom. The highest BCUT2D eigenvalue weighted by Gasteiger charge is 2.16. The van der Waals surface area contributed by atoms with Crippen molar-refractivity contribution in [1.82, 2.24) is 0 Å². The molecule has 0 fully saturated rings. The van der Waals surface area contributed by atoms with Gasteiger partial charge in [0.25, 0.3) is 0 Å². The van der Waals surface area contributed by atoms with Crippen LogP contribution in [0.15, 0.2) is 42.4 Å². The van der Waals surface area contributed by atoms with Gasteiger partial charge in [-0.1, -0.05) is 28.1 Å². The Bertz CT molecular complexity index is 510. The predicted molar refractivity (Wildman–Crippen MR) is 81.6 cm³/mol. The third-order valence-corrected chi connectivity index (χ3v) is 5.46. The van der Waals surface area contributed by atoms with Crippen LogP contribution in [0, 0.1) is 0 Å². The Morgan fingerprint density at radius 1 is 1.12 bits per heavy atom. The smallest absolute Gasteiger partial charge is 0.0855 e. The van der Waals surface area contributed by atoms with Gasteiger partial charge in [0.05, 0.1) is 12.9 Å². The van der Waals surface area contributed by atoms with Gasteiger partial charge >= 0.3 is 0 Å². The van der Waals surface area contributed by atoms with E-state index in [4.69, 9.17) is 11.6 Å². The number of halogens is 4. The van der Waals surface area contributed by atoms with Crippen LogP contribution in [0.4, 0.5) is 0 Å². The predicted octanol–water partition coefficient (Wildman–Crippen LogP) is 6.36. The average Bonchev–Trinajstić information content (AvgIpc) is 2.57. The molecule has 1 heterocycles. The Hall–Kier alpha value is 0.650. The first kappa shape index (κ1) is 13.1. The summed E-state index contributed by atoms with van der Waals surface area (Å²) >= 11 is 18.5. The van der Waals surface area contributed by atoms with Gasteiger partial charge in [0, 0.05) is 10.0 Å². The number of rotatable bonds is 2. The maximum atomic E-state index is 6.46. The monoisotopic (exact) mass is 442 g/mol. The molecule has 0 N–H and O–H groups in total.